The Morgan fingerprint density at radius 3 is 2.19 bits per heavy atom. The van der Waals surface area contributed by atoms with Crippen molar-refractivity contribution in [3.63, 3.8) is 0 Å². The van der Waals surface area contributed by atoms with Crippen LogP contribution in [0.2, 0.25) is 39.3 Å². The second-order valence-electron chi connectivity index (χ2n) is 6.36. The number of allylic oxidation sites excluding steroid dienone is 2. The van der Waals surface area contributed by atoms with Gasteiger partial charge in [-0.1, -0.05) is 39.3 Å². The zero-order chi connectivity index (χ0) is 12.6. The summed E-state index contributed by atoms with van der Waals surface area (Å²) in [6.45, 7) is 13.8. The Labute approximate surface area is 102 Å². The molecule has 1 unspecified atom stereocenters. The molecule has 0 saturated carbocycles. The molecule has 1 aliphatic rings. The van der Waals surface area contributed by atoms with Gasteiger partial charge in [-0.15, -0.1) is 0 Å². The minimum absolute atomic E-state index is 0.00314. The summed E-state index contributed by atoms with van der Waals surface area (Å²) in [5.41, 5.74) is 7.49. The van der Waals surface area contributed by atoms with Gasteiger partial charge in [-0.2, -0.15) is 0 Å². The largest absolute Gasteiger partial charge is 0.411 e. The van der Waals surface area contributed by atoms with Crippen molar-refractivity contribution in [2.45, 2.75) is 45.4 Å². The molecule has 0 aromatic rings. The van der Waals surface area contributed by atoms with E-state index < -0.39 is 16.5 Å². The van der Waals surface area contributed by atoms with E-state index in [1.807, 2.05) is 0 Å². The molecular formula is C11H25N3Si2. The van der Waals surface area contributed by atoms with Gasteiger partial charge in [0.05, 0.1) is 0 Å². The van der Waals surface area contributed by atoms with Crippen molar-refractivity contribution in [2.75, 3.05) is 0 Å². The van der Waals surface area contributed by atoms with Crippen LogP contribution in [-0.4, -0.2) is 27.2 Å². The van der Waals surface area contributed by atoms with Crippen molar-refractivity contribution in [1.29, 1.82) is 0 Å². The topological polar surface area (TPSA) is 41.3 Å². The lowest BCUT2D eigenvalue weighted by atomic mass is 10.3. The van der Waals surface area contributed by atoms with Gasteiger partial charge in [0.1, 0.15) is 22.6 Å². The first kappa shape index (κ1) is 13.5. The molecule has 16 heavy (non-hydrogen) atoms. The van der Waals surface area contributed by atoms with Gasteiger partial charge in [0.25, 0.3) is 0 Å². The minimum atomic E-state index is -1.38. The van der Waals surface area contributed by atoms with Crippen LogP contribution in [0.3, 0.4) is 0 Å². The van der Waals surface area contributed by atoms with E-state index in [4.69, 9.17) is 5.73 Å². The smallest absolute Gasteiger partial charge is 0.149 e. The average molecular weight is 256 g/mol. The Kier molecular flexibility index (Phi) is 3.71. The van der Waals surface area contributed by atoms with E-state index in [1.54, 1.807) is 0 Å². The lowest BCUT2D eigenvalue weighted by Crippen LogP contribution is -2.58. The number of hydrogen-bond acceptors (Lipinski definition) is 3. The molecule has 0 saturated heterocycles. The third-order valence-electron chi connectivity index (χ3n) is 2.43. The van der Waals surface area contributed by atoms with Gasteiger partial charge in [-0.25, -0.2) is 0 Å². The summed E-state index contributed by atoms with van der Waals surface area (Å²) in [7, 11) is -2.70. The fourth-order valence-electron chi connectivity index (χ4n) is 1.77. The molecule has 0 bridgehead atoms. The molecule has 0 aliphatic carbocycles. The van der Waals surface area contributed by atoms with Crippen LogP contribution in [0, 0.1) is 0 Å². The molecule has 0 radical (unpaired) electrons. The van der Waals surface area contributed by atoms with Gasteiger partial charge in [0.15, 0.2) is 0 Å². The normalized spacial score (nSPS) is 22.1. The second kappa shape index (κ2) is 4.39. The van der Waals surface area contributed by atoms with Gasteiger partial charge in [-0.3, -0.25) is 0 Å². The first-order valence-electron chi connectivity index (χ1n) is 5.82. The van der Waals surface area contributed by atoms with Crippen LogP contribution in [0.15, 0.2) is 24.0 Å². The third-order valence-corrected chi connectivity index (χ3v) is 5.45. The van der Waals surface area contributed by atoms with Gasteiger partial charge >= 0.3 is 0 Å². The van der Waals surface area contributed by atoms with E-state index in [1.165, 1.54) is 5.70 Å². The number of rotatable bonds is 3. The summed E-state index contributed by atoms with van der Waals surface area (Å²) in [6.07, 6.45) is 6.35. The Bertz CT molecular complexity index is 310. The van der Waals surface area contributed by atoms with E-state index in [-0.39, 0.29) is 6.17 Å². The minimum Gasteiger partial charge on any atom is -0.411 e. The number of nitrogens with one attached hydrogen (secondary N) is 1. The summed E-state index contributed by atoms with van der Waals surface area (Å²) >= 11 is 0. The highest BCUT2D eigenvalue weighted by Gasteiger charge is 2.30. The first-order chi connectivity index (χ1) is 7.11. The van der Waals surface area contributed by atoms with Crippen molar-refractivity contribution < 1.29 is 0 Å². The van der Waals surface area contributed by atoms with Gasteiger partial charge in [0, 0.05) is 5.70 Å². The van der Waals surface area contributed by atoms with Crippen LogP contribution >= 0.6 is 0 Å². The summed E-state index contributed by atoms with van der Waals surface area (Å²) < 4.78 is 2.33. The van der Waals surface area contributed by atoms with Crippen LogP contribution in [0.5, 0.6) is 0 Å². The standard InChI is InChI=1S/C11H25N3Si2/c1-15(2,3)13-10-8-7-9-14(11(10)12)16(4,5)6/h7-9,11,13H,12H2,1-6H3. The molecule has 3 nitrogen and oxygen atoms in total. The Morgan fingerprint density at radius 1 is 1.19 bits per heavy atom. The highest BCUT2D eigenvalue weighted by molar-refractivity contribution is 6.74. The molecule has 5 heteroatoms. The fourth-order valence-corrected chi connectivity index (χ4v) is 4.37. The van der Waals surface area contributed by atoms with E-state index in [2.05, 4.69) is 67.2 Å². The molecule has 1 atom stereocenters. The first-order valence-corrected chi connectivity index (χ1v) is 12.8. The van der Waals surface area contributed by atoms with Crippen LogP contribution in [0.4, 0.5) is 0 Å². The summed E-state index contributed by atoms with van der Waals surface area (Å²) in [4.78, 5) is 3.61. The SMILES string of the molecule is C[Si](C)(C)NC1=CC=CN([Si](C)(C)C)C1N. The van der Waals surface area contributed by atoms with Crippen molar-refractivity contribution >= 4 is 16.5 Å². The molecular weight excluding hydrogens is 230 g/mol. The zero-order valence-corrected chi connectivity index (χ0v) is 13.3. The van der Waals surface area contributed by atoms with Crippen molar-refractivity contribution in [2.24, 2.45) is 5.73 Å². The van der Waals surface area contributed by atoms with Crippen LogP contribution < -0.4 is 10.7 Å². The number of nitrogens with two attached hydrogens (primary N) is 1. The predicted molar refractivity (Wildman–Crippen MR) is 76.9 cm³/mol. The maximum atomic E-state index is 6.32. The predicted octanol–water partition coefficient (Wildman–Crippen LogP) is 2.24. The van der Waals surface area contributed by atoms with Crippen LogP contribution in [-0.2, 0) is 0 Å². The fraction of sp³-hybridized carbons (Fsp3) is 0.636. The summed E-state index contributed by atoms with van der Waals surface area (Å²) in [6, 6.07) is 0. The van der Waals surface area contributed by atoms with Crippen molar-refractivity contribution in [1.82, 2.24) is 9.55 Å². The quantitative estimate of drug-likeness (QED) is 0.760. The van der Waals surface area contributed by atoms with Crippen LogP contribution in [0.1, 0.15) is 0 Å². The Balaban J connectivity index is 2.83. The maximum Gasteiger partial charge on any atom is 0.149 e. The van der Waals surface area contributed by atoms with Crippen LogP contribution in [0.25, 0.3) is 0 Å². The van der Waals surface area contributed by atoms with Crippen molar-refractivity contribution in [3.8, 4) is 0 Å². The zero-order valence-electron chi connectivity index (χ0n) is 11.3. The lowest BCUT2D eigenvalue weighted by molar-refractivity contribution is 0.447. The number of hydrogen-bond donors (Lipinski definition) is 2. The van der Waals surface area contributed by atoms with E-state index in [0.717, 1.165) is 0 Å². The molecule has 1 rings (SSSR count). The Hall–Kier alpha value is -0.526. The van der Waals surface area contributed by atoms with E-state index in [9.17, 15) is 0 Å². The lowest BCUT2D eigenvalue weighted by Gasteiger charge is -2.42. The highest BCUT2D eigenvalue weighted by atomic mass is 28.3. The molecule has 1 heterocycles. The third kappa shape index (κ3) is 3.50. The molecule has 92 valence electrons. The van der Waals surface area contributed by atoms with Gasteiger partial charge in [-0.05, 0) is 18.4 Å². The second-order valence-corrected chi connectivity index (χ2v) is 16.0. The van der Waals surface area contributed by atoms with E-state index >= 15 is 0 Å². The maximum absolute atomic E-state index is 6.32. The van der Waals surface area contributed by atoms with Gasteiger partial charge in [0.2, 0.25) is 0 Å². The molecule has 0 amide bonds. The molecule has 0 aromatic carbocycles. The molecule has 0 aromatic heterocycles. The average Bonchev–Trinajstić information content (AvgIpc) is 2.04. The Morgan fingerprint density at radius 2 is 1.75 bits per heavy atom. The van der Waals surface area contributed by atoms with Crippen molar-refractivity contribution in [3.05, 3.63) is 24.0 Å². The monoisotopic (exact) mass is 255 g/mol. The molecule has 1 aliphatic heterocycles. The van der Waals surface area contributed by atoms with E-state index in [0.29, 0.717) is 0 Å². The molecule has 0 spiro atoms. The van der Waals surface area contributed by atoms with Gasteiger partial charge < -0.3 is 15.3 Å². The summed E-state index contributed by atoms with van der Waals surface area (Å²) in [5.74, 6) is 0. The summed E-state index contributed by atoms with van der Waals surface area (Å²) in [5, 5.41) is 0. The molecule has 3 N–H and O–H groups in total. The highest BCUT2D eigenvalue weighted by Crippen LogP contribution is 2.19. The molecule has 0 fully saturated rings. The number of nitrogens with zero attached hydrogens (tertiary/aromatic N) is 1.